The SMILES string of the molecule is CCO[Si](NC(C)CC)(OCC)C1C(C)CCCC1C. The van der Waals surface area contributed by atoms with Crippen molar-refractivity contribution in [2.24, 2.45) is 11.8 Å². The molecule has 20 heavy (non-hydrogen) atoms. The molecule has 0 aromatic rings. The minimum Gasteiger partial charge on any atom is -0.383 e. The van der Waals surface area contributed by atoms with E-state index in [0.29, 0.717) is 23.4 Å². The van der Waals surface area contributed by atoms with Crippen molar-refractivity contribution in [2.75, 3.05) is 13.2 Å². The molecule has 120 valence electrons. The van der Waals surface area contributed by atoms with Crippen LogP contribution >= 0.6 is 0 Å². The summed E-state index contributed by atoms with van der Waals surface area (Å²) in [5, 5.41) is 0. The fourth-order valence-electron chi connectivity index (χ4n) is 3.72. The highest BCUT2D eigenvalue weighted by Gasteiger charge is 2.52. The van der Waals surface area contributed by atoms with Crippen LogP contribution in [0.1, 0.15) is 67.2 Å². The average molecular weight is 302 g/mol. The lowest BCUT2D eigenvalue weighted by Gasteiger charge is -2.46. The van der Waals surface area contributed by atoms with E-state index in [1.165, 1.54) is 19.3 Å². The maximum absolute atomic E-state index is 6.33. The normalized spacial score (nSPS) is 29.4. The third-order valence-electron chi connectivity index (χ3n) is 4.76. The van der Waals surface area contributed by atoms with Crippen LogP contribution in [0.5, 0.6) is 0 Å². The van der Waals surface area contributed by atoms with Crippen LogP contribution in [0.15, 0.2) is 0 Å². The van der Waals surface area contributed by atoms with Gasteiger partial charge in [0.2, 0.25) is 0 Å². The smallest absolute Gasteiger partial charge is 0.383 e. The summed E-state index contributed by atoms with van der Waals surface area (Å²) in [6.45, 7) is 14.9. The highest BCUT2D eigenvalue weighted by molar-refractivity contribution is 6.66. The van der Waals surface area contributed by atoms with Gasteiger partial charge in [-0.25, -0.2) is 0 Å². The predicted molar refractivity (Wildman–Crippen MR) is 87.8 cm³/mol. The Labute approximate surface area is 127 Å². The number of hydrogen-bond acceptors (Lipinski definition) is 3. The quantitative estimate of drug-likeness (QED) is 0.681. The Balaban J connectivity index is 3.03. The Morgan fingerprint density at radius 2 is 1.55 bits per heavy atom. The molecule has 1 aliphatic carbocycles. The second-order valence-electron chi connectivity index (χ2n) is 6.40. The molecule has 0 bridgehead atoms. The Hall–Kier alpha value is 0.0969. The minimum absolute atomic E-state index is 0.459. The molecule has 3 nitrogen and oxygen atoms in total. The Morgan fingerprint density at radius 1 is 1.05 bits per heavy atom. The standard InChI is InChI=1S/C16H35NO2Si/c1-7-15(6)17-20(18-8-2,19-9-3)16-13(4)11-10-12-14(16)5/h13-17H,7-12H2,1-6H3. The van der Waals surface area contributed by atoms with Gasteiger partial charge in [-0.3, -0.25) is 4.98 Å². The van der Waals surface area contributed by atoms with Crippen molar-refractivity contribution in [3.8, 4) is 0 Å². The molecule has 0 saturated heterocycles. The average Bonchev–Trinajstić information content (AvgIpc) is 2.39. The molecule has 3 unspecified atom stereocenters. The van der Waals surface area contributed by atoms with Gasteiger partial charge in [0.25, 0.3) is 0 Å². The molecular weight excluding hydrogens is 266 g/mol. The first-order chi connectivity index (χ1) is 9.50. The third kappa shape index (κ3) is 4.29. The van der Waals surface area contributed by atoms with Gasteiger partial charge >= 0.3 is 8.72 Å². The zero-order valence-corrected chi connectivity index (χ0v) is 15.4. The zero-order valence-electron chi connectivity index (χ0n) is 14.4. The lowest BCUT2D eigenvalue weighted by atomic mass is 9.83. The summed E-state index contributed by atoms with van der Waals surface area (Å²) >= 11 is 0. The fraction of sp³-hybridized carbons (Fsp3) is 1.00. The highest BCUT2D eigenvalue weighted by Crippen LogP contribution is 2.45. The van der Waals surface area contributed by atoms with Crippen LogP contribution < -0.4 is 4.98 Å². The molecule has 0 aromatic heterocycles. The van der Waals surface area contributed by atoms with Crippen LogP contribution in [0.2, 0.25) is 5.54 Å². The van der Waals surface area contributed by atoms with Gasteiger partial charge in [0, 0.05) is 24.8 Å². The van der Waals surface area contributed by atoms with Gasteiger partial charge < -0.3 is 8.85 Å². The van der Waals surface area contributed by atoms with E-state index < -0.39 is 8.72 Å². The van der Waals surface area contributed by atoms with Crippen LogP contribution in [0, 0.1) is 11.8 Å². The van der Waals surface area contributed by atoms with Crippen molar-refractivity contribution in [3.05, 3.63) is 0 Å². The molecule has 0 amide bonds. The van der Waals surface area contributed by atoms with Crippen LogP contribution in [-0.4, -0.2) is 28.0 Å². The maximum atomic E-state index is 6.33. The lowest BCUT2D eigenvalue weighted by Crippen LogP contribution is -2.65. The second-order valence-corrected chi connectivity index (χ2v) is 9.27. The van der Waals surface area contributed by atoms with Gasteiger partial charge in [-0.1, -0.05) is 47.0 Å². The molecule has 0 aromatic carbocycles. The molecular formula is C16H35NO2Si. The lowest BCUT2D eigenvalue weighted by molar-refractivity contribution is 0.123. The summed E-state index contributed by atoms with van der Waals surface area (Å²) in [6, 6.07) is 0.459. The fourth-order valence-corrected chi connectivity index (χ4v) is 8.13. The van der Waals surface area contributed by atoms with Crippen molar-refractivity contribution in [3.63, 3.8) is 0 Å². The molecule has 1 fully saturated rings. The van der Waals surface area contributed by atoms with E-state index in [0.717, 1.165) is 19.6 Å². The van der Waals surface area contributed by atoms with Gasteiger partial charge in [-0.15, -0.1) is 0 Å². The maximum Gasteiger partial charge on any atom is 0.429 e. The first kappa shape index (κ1) is 18.1. The third-order valence-corrected chi connectivity index (χ3v) is 9.11. The van der Waals surface area contributed by atoms with E-state index >= 15 is 0 Å². The van der Waals surface area contributed by atoms with Gasteiger partial charge in [-0.05, 0) is 32.1 Å². The molecule has 0 aliphatic heterocycles. The predicted octanol–water partition coefficient (Wildman–Crippen LogP) is 4.21. The second kappa shape index (κ2) is 8.52. The molecule has 0 radical (unpaired) electrons. The molecule has 1 N–H and O–H groups in total. The van der Waals surface area contributed by atoms with E-state index in [4.69, 9.17) is 8.85 Å². The molecule has 0 heterocycles. The summed E-state index contributed by atoms with van der Waals surface area (Å²) in [5.74, 6) is 1.39. The minimum atomic E-state index is -2.35. The molecule has 1 aliphatic rings. The van der Waals surface area contributed by atoms with Crippen molar-refractivity contribution < 1.29 is 8.85 Å². The van der Waals surface area contributed by atoms with E-state index in [1.54, 1.807) is 0 Å². The highest BCUT2D eigenvalue weighted by atomic mass is 28.4. The first-order valence-electron chi connectivity index (χ1n) is 8.56. The van der Waals surface area contributed by atoms with Crippen LogP contribution in [0.25, 0.3) is 0 Å². The molecule has 1 saturated carbocycles. The summed E-state index contributed by atoms with van der Waals surface area (Å²) in [4.78, 5) is 3.81. The van der Waals surface area contributed by atoms with Crippen molar-refractivity contribution in [1.82, 2.24) is 4.98 Å². The number of rotatable bonds is 8. The van der Waals surface area contributed by atoms with Crippen molar-refractivity contribution >= 4 is 8.72 Å². The van der Waals surface area contributed by atoms with E-state index in [-0.39, 0.29) is 0 Å². The first-order valence-corrected chi connectivity index (χ1v) is 10.5. The zero-order chi connectivity index (χ0) is 15.2. The van der Waals surface area contributed by atoms with E-state index in [1.807, 2.05) is 0 Å². The van der Waals surface area contributed by atoms with Gasteiger partial charge in [0.05, 0.1) is 0 Å². The molecule has 0 spiro atoms. The summed E-state index contributed by atoms with van der Waals surface area (Å²) in [7, 11) is -2.35. The topological polar surface area (TPSA) is 30.5 Å². The van der Waals surface area contributed by atoms with Crippen molar-refractivity contribution in [2.45, 2.75) is 78.8 Å². The molecule has 3 atom stereocenters. The number of nitrogens with one attached hydrogen (secondary N) is 1. The molecule has 1 rings (SSSR count). The summed E-state index contributed by atoms with van der Waals surface area (Å²) in [5.41, 5.74) is 0.560. The number of hydrogen-bond donors (Lipinski definition) is 1. The van der Waals surface area contributed by atoms with E-state index in [9.17, 15) is 0 Å². The Kier molecular flexibility index (Phi) is 7.73. The Morgan fingerprint density at radius 3 is 1.95 bits per heavy atom. The largest absolute Gasteiger partial charge is 0.429 e. The van der Waals surface area contributed by atoms with Crippen LogP contribution in [0.4, 0.5) is 0 Å². The van der Waals surface area contributed by atoms with Gasteiger partial charge in [-0.2, -0.15) is 0 Å². The van der Waals surface area contributed by atoms with Crippen LogP contribution in [-0.2, 0) is 8.85 Å². The van der Waals surface area contributed by atoms with Gasteiger partial charge in [0.1, 0.15) is 0 Å². The Bertz CT molecular complexity index is 259. The monoisotopic (exact) mass is 301 g/mol. The van der Waals surface area contributed by atoms with Crippen molar-refractivity contribution in [1.29, 1.82) is 0 Å². The summed E-state index contributed by atoms with van der Waals surface area (Å²) < 4.78 is 12.7. The molecule has 4 heteroatoms. The summed E-state index contributed by atoms with van der Waals surface area (Å²) in [6.07, 6.45) is 5.09. The van der Waals surface area contributed by atoms with Gasteiger partial charge in [0.15, 0.2) is 0 Å². The van der Waals surface area contributed by atoms with E-state index in [2.05, 4.69) is 46.5 Å². The van der Waals surface area contributed by atoms with Crippen LogP contribution in [0.3, 0.4) is 0 Å².